The van der Waals surface area contributed by atoms with Gasteiger partial charge >= 0.3 is 0 Å². The number of nitriles is 1. The monoisotopic (exact) mass is 370 g/mol. The number of aromatic nitrogens is 1. The molecule has 0 atom stereocenters. The smallest absolute Gasteiger partial charge is 0.234 e. The largest absolute Gasteiger partial charge is 0.355 e. The predicted molar refractivity (Wildman–Crippen MR) is 101 cm³/mol. The Balaban J connectivity index is 1.34. The van der Waals surface area contributed by atoms with E-state index in [4.69, 9.17) is 0 Å². The van der Waals surface area contributed by atoms with E-state index in [9.17, 15) is 14.9 Å². The Morgan fingerprint density at radius 1 is 1.26 bits per heavy atom. The third-order valence-electron chi connectivity index (χ3n) is 5.04. The van der Waals surface area contributed by atoms with Crippen LogP contribution in [0.2, 0.25) is 0 Å². The van der Waals surface area contributed by atoms with Crippen LogP contribution in [0.4, 0.5) is 5.82 Å². The van der Waals surface area contributed by atoms with E-state index in [1.165, 1.54) is 0 Å². The number of hydrogen-bond acceptors (Lipinski definition) is 6. The van der Waals surface area contributed by atoms with Crippen molar-refractivity contribution in [1.29, 1.82) is 5.26 Å². The lowest BCUT2D eigenvalue weighted by Crippen LogP contribution is -2.50. The summed E-state index contributed by atoms with van der Waals surface area (Å²) in [6.07, 6.45) is 4.10. The molecule has 0 aromatic carbocycles. The van der Waals surface area contributed by atoms with Crippen LogP contribution in [0.15, 0.2) is 18.3 Å². The second-order valence-corrected chi connectivity index (χ2v) is 6.94. The standard InChI is InChI=1S/C19H26N6O2/c20-14-16-4-1-6-22-19(16)25-12-10-23(11-13-25)15-17(26)21-7-3-9-24-8-2-5-18(24)27/h1,4,6H,2-3,5,7-13,15H2,(H,21,26). The van der Waals surface area contributed by atoms with Gasteiger partial charge < -0.3 is 15.1 Å². The molecule has 3 heterocycles. The highest BCUT2D eigenvalue weighted by Crippen LogP contribution is 2.17. The number of carbonyl (C=O) groups is 2. The van der Waals surface area contributed by atoms with Gasteiger partial charge in [-0.1, -0.05) is 0 Å². The molecule has 0 saturated carbocycles. The van der Waals surface area contributed by atoms with E-state index in [1.54, 1.807) is 18.3 Å². The maximum atomic E-state index is 12.1. The van der Waals surface area contributed by atoms with E-state index in [0.29, 0.717) is 25.1 Å². The minimum atomic E-state index is 0.0201. The van der Waals surface area contributed by atoms with E-state index in [-0.39, 0.29) is 11.8 Å². The SMILES string of the molecule is N#Cc1cccnc1N1CCN(CC(=O)NCCCN2CCCC2=O)CC1. The first-order valence-corrected chi connectivity index (χ1v) is 9.54. The highest BCUT2D eigenvalue weighted by atomic mass is 16.2. The van der Waals surface area contributed by atoms with E-state index in [1.807, 2.05) is 4.90 Å². The quantitative estimate of drug-likeness (QED) is 0.690. The van der Waals surface area contributed by atoms with Crippen LogP contribution in [0.1, 0.15) is 24.8 Å². The summed E-state index contributed by atoms with van der Waals surface area (Å²) in [5.41, 5.74) is 0.583. The Bertz CT molecular complexity index is 708. The zero-order valence-corrected chi connectivity index (χ0v) is 15.6. The van der Waals surface area contributed by atoms with Crippen LogP contribution in [-0.4, -0.2) is 79.0 Å². The number of amides is 2. The molecule has 1 N–H and O–H groups in total. The average Bonchev–Trinajstić information content (AvgIpc) is 3.10. The number of rotatable bonds is 7. The molecule has 2 saturated heterocycles. The van der Waals surface area contributed by atoms with Crippen molar-refractivity contribution in [1.82, 2.24) is 20.1 Å². The summed E-state index contributed by atoms with van der Waals surface area (Å²) < 4.78 is 0. The molecule has 8 nitrogen and oxygen atoms in total. The molecule has 2 aliphatic heterocycles. The zero-order chi connectivity index (χ0) is 19.1. The zero-order valence-electron chi connectivity index (χ0n) is 15.6. The maximum Gasteiger partial charge on any atom is 0.234 e. The average molecular weight is 370 g/mol. The molecule has 0 bridgehead atoms. The van der Waals surface area contributed by atoms with Crippen LogP contribution in [0.3, 0.4) is 0 Å². The lowest BCUT2D eigenvalue weighted by Gasteiger charge is -2.35. The van der Waals surface area contributed by atoms with Crippen LogP contribution in [0, 0.1) is 11.3 Å². The van der Waals surface area contributed by atoms with Crippen LogP contribution in [0.5, 0.6) is 0 Å². The topological polar surface area (TPSA) is 92.6 Å². The van der Waals surface area contributed by atoms with E-state index >= 15 is 0 Å². The Morgan fingerprint density at radius 2 is 2.07 bits per heavy atom. The van der Waals surface area contributed by atoms with Gasteiger partial charge in [0, 0.05) is 58.4 Å². The van der Waals surface area contributed by atoms with E-state index in [2.05, 4.69) is 26.2 Å². The van der Waals surface area contributed by atoms with Crippen LogP contribution in [0.25, 0.3) is 0 Å². The Hall–Kier alpha value is -2.66. The molecule has 144 valence electrons. The molecule has 1 aromatic rings. The number of nitrogens with one attached hydrogen (secondary N) is 1. The maximum absolute atomic E-state index is 12.1. The molecule has 2 fully saturated rings. The fourth-order valence-corrected chi connectivity index (χ4v) is 3.55. The Morgan fingerprint density at radius 3 is 2.78 bits per heavy atom. The molecular weight excluding hydrogens is 344 g/mol. The number of likely N-dealkylation sites (tertiary alicyclic amines) is 1. The molecule has 0 unspecified atom stereocenters. The molecular formula is C19H26N6O2. The first-order chi connectivity index (χ1) is 13.2. The van der Waals surface area contributed by atoms with Gasteiger partial charge in [-0.25, -0.2) is 4.98 Å². The molecule has 1 aromatic heterocycles. The summed E-state index contributed by atoms with van der Waals surface area (Å²) in [6, 6.07) is 5.72. The van der Waals surface area contributed by atoms with Crippen molar-refractivity contribution in [3.8, 4) is 6.07 Å². The molecule has 0 spiro atoms. The lowest BCUT2D eigenvalue weighted by molar-refractivity contribution is -0.127. The molecule has 8 heteroatoms. The number of anilines is 1. The van der Waals surface area contributed by atoms with Gasteiger partial charge in [0.25, 0.3) is 0 Å². The van der Waals surface area contributed by atoms with Gasteiger partial charge in [0.05, 0.1) is 12.1 Å². The number of hydrogen-bond donors (Lipinski definition) is 1. The van der Waals surface area contributed by atoms with Crippen molar-refractivity contribution < 1.29 is 9.59 Å². The predicted octanol–water partition coefficient (Wildman–Crippen LogP) is 0.204. The second-order valence-electron chi connectivity index (χ2n) is 6.94. The van der Waals surface area contributed by atoms with Gasteiger partial charge in [0.15, 0.2) is 0 Å². The van der Waals surface area contributed by atoms with E-state index in [0.717, 1.165) is 57.9 Å². The normalized spacial score (nSPS) is 17.8. The van der Waals surface area contributed by atoms with Gasteiger partial charge in [-0.3, -0.25) is 14.5 Å². The molecule has 2 amide bonds. The van der Waals surface area contributed by atoms with Gasteiger partial charge in [0.1, 0.15) is 11.9 Å². The minimum absolute atomic E-state index is 0.0201. The van der Waals surface area contributed by atoms with Gasteiger partial charge in [-0.15, -0.1) is 0 Å². The van der Waals surface area contributed by atoms with Crippen molar-refractivity contribution in [2.45, 2.75) is 19.3 Å². The molecule has 0 aliphatic carbocycles. The highest BCUT2D eigenvalue weighted by Gasteiger charge is 2.22. The summed E-state index contributed by atoms with van der Waals surface area (Å²) in [6.45, 7) is 5.57. The van der Waals surface area contributed by atoms with Crippen molar-refractivity contribution in [2.24, 2.45) is 0 Å². The molecule has 3 rings (SSSR count). The first kappa shape index (κ1) is 19.1. The van der Waals surface area contributed by atoms with Gasteiger partial charge in [-0.05, 0) is 25.0 Å². The third-order valence-corrected chi connectivity index (χ3v) is 5.04. The summed E-state index contributed by atoms with van der Waals surface area (Å²) in [4.78, 5) is 34.1. The minimum Gasteiger partial charge on any atom is -0.355 e. The van der Waals surface area contributed by atoms with Crippen LogP contribution in [-0.2, 0) is 9.59 Å². The Labute approximate surface area is 159 Å². The molecule has 27 heavy (non-hydrogen) atoms. The van der Waals surface area contributed by atoms with Crippen molar-refractivity contribution in [3.63, 3.8) is 0 Å². The summed E-state index contributed by atoms with van der Waals surface area (Å²) in [5, 5.41) is 12.1. The third kappa shape index (κ3) is 5.17. The number of piperazine rings is 1. The van der Waals surface area contributed by atoms with Gasteiger partial charge in [0.2, 0.25) is 11.8 Å². The van der Waals surface area contributed by atoms with Crippen molar-refractivity contribution in [3.05, 3.63) is 23.9 Å². The second kappa shape index (κ2) is 9.33. The van der Waals surface area contributed by atoms with Crippen molar-refractivity contribution >= 4 is 17.6 Å². The molecule has 0 radical (unpaired) electrons. The number of nitrogens with zero attached hydrogens (tertiary/aromatic N) is 5. The highest BCUT2D eigenvalue weighted by molar-refractivity contribution is 5.78. The molecule has 2 aliphatic rings. The Kier molecular flexibility index (Phi) is 6.60. The number of pyridine rings is 1. The number of carbonyl (C=O) groups excluding carboxylic acids is 2. The summed E-state index contributed by atoms with van der Waals surface area (Å²) in [7, 11) is 0. The fraction of sp³-hybridized carbons (Fsp3) is 0.579. The van der Waals surface area contributed by atoms with Gasteiger partial charge in [-0.2, -0.15) is 5.26 Å². The summed E-state index contributed by atoms with van der Waals surface area (Å²) >= 11 is 0. The van der Waals surface area contributed by atoms with E-state index < -0.39 is 0 Å². The first-order valence-electron chi connectivity index (χ1n) is 9.54. The summed E-state index contributed by atoms with van der Waals surface area (Å²) in [5.74, 6) is 0.971. The fourth-order valence-electron chi connectivity index (χ4n) is 3.55. The van der Waals surface area contributed by atoms with Crippen LogP contribution >= 0.6 is 0 Å². The van der Waals surface area contributed by atoms with Crippen molar-refractivity contribution in [2.75, 3.05) is 57.3 Å². The van der Waals surface area contributed by atoms with Crippen LogP contribution < -0.4 is 10.2 Å². The lowest BCUT2D eigenvalue weighted by atomic mass is 10.2.